The van der Waals surface area contributed by atoms with Gasteiger partial charge < -0.3 is 19.1 Å². The van der Waals surface area contributed by atoms with Gasteiger partial charge in [0.25, 0.3) is 0 Å². The molecule has 0 radical (unpaired) electrons. The Morgan fingerprint density at radius 2 is 1.70 bits per heavy atom. The molecular weight excluding hydrogens is 322 g/mol. The highest BCUT2D eigenvalue weighted by atomic mass is 32.2. The van der Waals surface area contributed by atoms with E-state index in [9.17, 15) is 14.4 Å². The number of nitrogens with zero attached hydrogens (tertiary/aromatic N) is 1. The first-order valence-corrected chi connectivity index (χ1v) is 8.61. The molecule has 23 heavy (non-hydrogen) atoms. The van der Waals surface area contributed by atoms with Gasteiger partial charge in [-0.25, -0.2) is 9.59 Å². The maximum absolute atomic E-state index is 12.1. The summed E-state index contributed by atoms with van der Waals surface area (Å²) in [5.74, 6) is -0.667. The molecule has 130 valence electrons. The van der Waals surface area contributed by atoms with E-state index >= 15 is 0 Å². The lowest BCUT2D eigenvalue weighted by molar-refractivity contribution is -0.140. The van der Waals surface area contributed by atoms with E-state index in [1.807, 2.05) is 0 Å². The van der Waals surface area contributed by atoms with Crippen molar-refractivity contribution in [2.45, 2.75) is 27.2 Å². The lowest BCUT2D eigenvalue weighted by Gasteiger charge is -2.28. The van der Waals surface area contributed by atoms with Gasteiger partial charge in [-0.05, 0) is 32.1 Å². The van der Waals surface area contributed by atoms with Gasteiger partial charge >= 0.3 is 18.0 Å². The third-order valence-corrected chi connectivity index (χ3v) is 4.19. The van der Waals surface area contributed by atoms with Crippen LogP contribution in [0.25, 0.3) is 0 Å². The van der Waals surface area contributed by atoms with Crippen LogP contribution in [0.3, 0.4) is 0 Å². The van der Waals surface area contributed by atoms with Crippen molar-refractivity contribution in [3.8, 4) is 0 Å². The van der Waals surface area contributed by atoms with Gasteiger partial charge in [-0.15, -0.1) is 11.8 Å². The molecule has 0 saturated heterocycles. The van der Waals surface area contributed by atoms with Crippen LogP contribution in [-0.4, -0.2) is 61.6 Å². The molecule has 0 fully saturated rings. The second-order valence-electron chi connectivity index (χ2n) is 4.59. The van der Waals surface area contributed by atoms with E-state index in [0.717, 1.165) is 4.91 Å². The molecule has 7 nitrogen and oxygen atoms in total. The highest BCUT2D eigenvalue weighted by molar-refractivity contribution is 8.03. The van der Waals surface area contributed by atoms with E-state index in [-0.39, 0.29) is 31.5 Å². The minimum absolute atomic E-state index is 0.128. The normalized spacial score (nSPS) is 14.5. The van der Waals surface area contributed by atoms with Crippen molar-refractivity contribution >= 4 is 29.8 Å². The van der Waals surface area contributed by atoms with Gasteiger partial charge in [0.05, 0.1) is 37.7 Å². The predicted molar refractivity (Wildman–Crippen MR) is 86.0 cm³/mol. The molecule has 1 aliphatic rings. The summed E-state index contributed by atoms with van der Waals surface area (Å²) in [6.45, 7) is 6.59. The number of esters is 2. The Bertz CT molecular complexity index is 477. The quantitative estimate of drug-likeness (QED) is 0.515. The van der Waals surface area contributed by atoms with Crippen molar-refractivity contribution in [1.82, 2.24) is 4.90 Å². The van der Waals surface area contributed by atoms with Crippen molar-refractivity contribution in [3.63, 3.8) is 0 Å². The van der Waals surface area contributed by atoms with Crippen LogP contribution < -0.4 is 0 Å². The van der Waals surface area contributed by atoms with Gasteiger partial charge in [0, 0.05) is 6.54 Å². The number of rotatable bonds is 7. The van der Waals surface area contributed by atoms with Crippen LogP contribution in [0, 0.1) is 0 Å². The van der Waals surface area contributed by atoms with Crippen LogP contribution in [0.4, 0.5) is 4.79 Å². The van der Waals surface area contributed by atoms with E-state index in [0.29, 0.717) is 25.1 Å². The molecule has 0 aromatic rings. The fourth-order valence-corrected chi connectivity index (χ4v) is 2.95. The highest BCUT2D eigenvalue weighted by Gasteiger charge is 2.28. The number of ether oxygens (including phenoxy) is 3. The number of thioether (sulfide) groups is 1. The van der Waals surface area contributed by atoms with Crippen LogP contribution in [-0.2, 0) is 23.8 Å². The Hall–Kier alpha value is -1.70. The zero-order valence-corrected chi connectivity index (χ0v) is 14.6. The second kappa shape index (κ2) is 10.1. The summed E-state index contributed by atoms with van der Waals surface area (Å²) in [5.41, 5.74) is 0.403. The van der Waals surface area contributed by atoms with Crippen molar-refractivity contribution in [2.24, 2.45) is 0 Å². The topological polar surface area (TPSA) is 82.1 Å². The maximum Gasteiger partial charge on any atom is 0.410 e. The first kappa shape index (κ1) is 19.3. The number of carbonyl (C=O) groups excluding carboxylic acids is 3. The molecule has 8 heteroatoms. The third-order valence-electron chi connectivity index (χ3n) is 3.01. The zero-order valence-electron chi connectivity index (χ0n) is 13.8. The molecule has 0 unspecified atom stereocenters. The summed E-state index contributed by atoms with van der Waals surface area (Å²) >= 11 is 1.26. The summed E-state index contributed by atoms with van der Waals surface area (Å²) in [6, 6.07) is 0. The molecule has 1 rings (SSSR count). The van der Waals surface area contributed by atoms with E-state index in [4.69, 9.17) is 14.2 Å². The molecule has 1 aliphatic heterocycles. The van der Waals surface area contributed by atoms with Crippen LogP contribution >= 0.6 is 11.8 Å². The smallest absolute Gasteiger partial charge is 0.410 e. The van der Waals surface area contributed by atoms with Crippen molar-refractivity contribution in [1.29, 1.82) is 0 Å². The van der Waals surface area contributed by atoms with E-state index in [1.54, 1.807) is 20.8 Å². The molecule has 0 spiro atoms. The molecule has 0 atom stereocenters. The first-order valence-electron chi connectivity index (χ1n) is 7.62. The number of carbonyl (C=O) groups is 3. The molecule has 0 aromatic carbocycles. The number of hydrogen-bond donors (Lipinski definition) is 0. The van der Waals surface area contributed by atoms with Gasteiger partial charge in [-0.1, -0.05) is 0 Å². The fourth-order valence-electron chi connectivity index (χ4n) is 2.02. The second-order valence-corrected chi connectivity index (χ2v) is 5.66. The third kappa shape index (κ3) is 6.13. The predicted octanol–water partition coefficient (Wildman–Crippen LogP) is 1.96. The number of hydrogen-bond acceptors (Lipinski definition) is 7. The Morgan fingerprint density at radius 1 is 1.04 bits per heavy atom. The summed E-state index contributed by atoms with van der Waals surface area (Å²) < 4.78 is 14.9. The minimum Gasteiger partial charge on any atom is -0.465 e. The molecule has 1 amide bonds. The Kier molecular flexibility index (Phi) is 8.53. The van der Waals surface area contributed by atoms with Crippen molar-refractivity contribution < 1.29 is 28.6 Å². The summed E-state index contributed by atoms with van der Waals surface area (Å²) in [5, 5.41) is 0. The van der Waals surface area contributed by atoms with Gasteiger partial charge in [0.2, 0.25) is 0 Å². The van der Waals surface area contributed by atoms with Crippen molar-refractivity contribution in [3.05, 3.63) is 10.5 Å². The lowest BCUT2D eigenvalue weighted by Crippen LogP contribution is -2.39. The monoisotopic (exact) mass is 345 g/mol. The molecular formula is C15H23NO6S. The largest absolute Gasteiger partial charge is 0.465 e. The molecule has 0 aliphatic carbocycles. The van der Waals surface area contributed by atoms with Gasteiger partial charge in [-0.3, -0.25) is 4.79 Å². The molecule has 0 bridgehead atoms. The SMILES string of the molecule is CCOC(=O)CSC1=C(C(=O)OCC)CN(C(=O)OCC)CC1. The summed E-state index contributed by atoms with van der Waals surface area (Å²) in [7, 11) is 0. The standard InChI is InChI=1S/C15H23NO6S/c1-4-20-13(17)10-23-12-7-8-16(15(19)22-6-3)9-11(12)14(18)21-5-2/h4-10H2,1-3H3. The van der Waals surface area contributed by atoms with Crippen molar-refractivity contribution in [2.75, 3.05) is 38.7 Å². The van der Waals surface area contributed by atoms with E-state index in [1.165, 1.54) is 16.7 Å². The fraction of sp³-hybridized carbons (Fsp3) is 0.667. The van der Waals surface area contributed by atoms with Crippen LogP contribution in [0.1, 0.15) is 27.2 Å². The van der Waals surface area contributed by atoms with Gasteiger partial charge in [0.1, 0.15) is 0 Å². The Labute approximate surface area is 140 Å². The molecule has 0 saturated carbocycles. The molecule has 0 N–H and O–H groups in total. The molecule has 0 aromatic heterocycles. The van der Waals surface area contributed by atoms with Crippen LogP contribution in [0.15, 0.2) is 10.5 Å². The first-order chi connectivity index (χ1) is 11.0. The van der Waals surface area contributed by atoms with Gasteiger partial charge in [-0.2, -0.15) is 0 Å². The Morgan fingerprint density at radius 3 is 2.30 bits per heavy atom. The van der Waals surface area contributed by atoms with Gasteiger partial charge in [0.15, 0.2) is 0 Å². The minimum atomic E-state index is -0.465. The zero-order chi connectivity index (χ0) is 17.2. The van der Waals surface area contributed by atoms with Crippen LogP contribution in [0.5, 0.6) is 0 Å². The summed E-state index contributed by atoms with van der Waals surface area (Å²) in [6.07, 6.45) is 0.0283. The Balaban J connectivity index is 2.82. The average Bonchev–Trinajstić information content (AvgIpc) is 2.53. The molecule has 1 heterocycles. The van der Waals surface area contributed by atoms with E-state index < -0.39 is 12.1 Å². The highest BCUT2D eigenvalue weighted by Crippen LogP contribution is 2.29. The van der Waals surface area contributed by atoms with Crippen LogP contribution in [0.2, 0.25) is 0 Å². The average molecular weight is 345 g/mol. The summed E-state index contributed by atoms with van der Waals surface area (Å²) in [4.78, 5) is 37.6. The lowest BCUT2D eigenvalue weighted by atomic mass is 10.1. The maximum atomic E-state index is 12.1. The number of amides is 1. The van der Waals surface area contributed by atoms with E-state index in [2.05, 4.69) is 0 Å².